The van der Waals surface area contributed by atoms with Crippen molar-refractivity contribution in [1.29, 1.82) is 0 Å². The van der Waals surface area contributed by atoms with E-state index in [0.29, 0.717) is 33.4 Å². The molecule has 2 aromatic rings. The highest BCUT2D eigenvalue weighted by molar-refractivity contribution is 6.37. The minimum absolute atomic E-state index is 0.164. The molecule has 0 aromatic heterocycles. The minimum Gasteiger partial charge on any atom is -0.350 e. The molecule has 0 bridgehead atoms. The lowest BCUT2D eigenvalue weighted by Crippen LogP contribution is -2.35. The van der Waals surface area contributed by atoms with Gasteiger partial charge in [0.15, 0.2) is 0 Å². The van der Waals surface area contributed by atoms with Crippen molar-refractivity contribution in [1.82, 2.24) is 4.90 Å². The van der Waals surface area contributed by atoms with Gasteiger partial charge in [0.05, 0.1) is 5.57 Å². The highest BCUT2D eigenvalue weighted by atomic mass is 35.5. The lowest BCUT2D eigenvalue weighted by molar-refractivity contribution is -0.137. The van der Waals surface area contributed by atoms with Gasteiger partial charge in [-0.05, 0) is 48.2 Å². The van der Waals surface area contributed by atoms with Gasteiger partial charge in [0.1, 0.15) is 5.70 Å². The summed E-state index contributed by atoms with van der Waals surface area (Å²) >= 11 is 12.2. The van der Waals surface area contributed by atoms with Crippen LogP contribution in [0.5, 0.6) is 0 Å². The molecule has 0 unspecified atom stereocenters. The van der Waals surface area contributed by atoms with Gasteiger partial charge in [0.2, 0.25) is 0 Å². The van der Waals surface area contributed by atoms with E-state index in [9.17, 15) is 9.59 Å². The Morgan fingerprint density at radius 3 is 2.30 bits per heavy atom. The number of nitrogens with zero attached hydrogens (tertiary/aromatic N) is 1. The first-order valence-electron chi connectivity index (χ1n) is 8.68. The van der Waals surface area contributed by atoms with Crippen LogP contribution in [0.4, 0.5) is 5.69 Å². The van der Waals surface area contributed by atoms with Crippen LogP contribution in [0, 0.1) is 12.8 Å². The molecule has 0 spiro atoms. The standard InChI is InChI=1S/C21H20Cl2N2O2/c1-12(2)11-25-20(26)18(14-7-9-15(22)10-8-14)19(21(25)27)24-17-6-4-5-16(23)13(17)3/h4-10,12,24H,11H2,1-3H3. The number of carbonyl (C=O) groups is 2. The monoisotopic (exact) mass is 402 g/mol. The van der Waals surface area contributed by atoms with Crippen LogP contribution in [0.3, 0.4) is 0 Å². The lowest BCUT2D eigenvalue weighted by Gasteiger charge is -2.17. The highest BCUT2D eigenvalue weighted by Gasteiger charge is 2.39. The number of hydrogen-bond acceptors (Lipinski definition) is 3. The zero-order valence-corrected chi connectivity index (χ0v) is 16.9. The van der Waals surface area contributed by atoms with Gasteiger partial charge in [-0.25, -0.2) is 0 Å². The first kappa shape index (κ1) is 19.5. The molecular formula is C21H20Cl2N2O2. The fourth-order valence-corrected chi connectivity index (χ4v) is 3.29. The molecular weight excluding hydrogens is 383 g/mol. The van der Waals surface area contributed by atoms with Crippen LogP contribution in [-0.4, -0.2) is 23.3 Å². The Morgan fingerprint density at radius 2 is 1.67 bits per heavy atom. The Bertz CT molecular complexity index is 934. The zero-order valence-electron chi connectivity index (χ0n) is 15.3. The number of halogens is 2. The summed E-state index contributed by atoms with van der Waals surface area (Å²) in [4.78, 5) is 27.4. The van der Waals surface area contributed by atoms with Crippen LogP contribution in [0.15, 0.2) is 48.2 Å². The third-order valence-corrected chi connectivity index (χ3v) is 5.04. The molecule has 1 heterocycles. The van der Waals surface area contributed by atoms with Crippen LogP contribution in [0.1, 0.15) is 25.0 Å². The van der Waals surface area contributed by atoms with Crippen molar-refractivity contribution in [2.75, 3.05) is 11.9 Å². The molecule has 1 N–H and O–H groups in total. The van der Waals surface area contributed by atoms with E-state index in [1.54, 1.807) is 36.4 Å². The quantitative estimate of drug-likeness (QED) is 0.703. The number of amides is 2. The summed E-state index contributed by atoms with van der Waals surface area (Å²) in [5.41, 5.74) is 2.75. The van der Waals surface area contributed by atoms with Crippen molar-refractivity contribution in [2.45, 2.75) is 20.8 Å². The smallest absolute Gasteiger partial charge is 0.278 e. The maximum atomic E-state index is 13.0. The number of hydrogen-bond donors (Lipinski definition) is 1. The number of rotatable bonds is 5. The van der Waals surface area contributed by atoms with Gasteiger partial charge in [-0.2, -0.15) is 0 Å². The first-order chi connectivity index (χ1) is 12.8. The Morgan fingerprint density at radius 1 is 1.00 bits per heavy atom. The summed E-state index contributed by atoms with van der Waals surface area (Å²) in [6.45, 7) is 6.15. The molecule has 0 aliphatic carbocycles. The van der Waals surface area contributed by atoms with E-state index in [-0.39, 0.29) is 23.4 Å². The van der Waals surface area contributed by atoms with Crippen LogP contribution in [0.25, 0.3) is 5.57 Å². The van der Waals surface area contributed by atoms with Crippen molar-refractivity contribution in [3.63, 3.8) is 0 Å². The predicted molar refractivity (Wildman–Crippen MR) is 110 cm³/mol. The van der Waals surface area contributed by atoms with Gasteiger partial charge in [0.25, 0.3) is 11.8 Å². The van der Waals surface area contributed by atoms with E-state index >= 15 is 0 Å². The molecule has 0 fully saturated rings. The van der Waals surface area contributed by atoms with E-state index < -0.39 is 0 Å². The normalized spacial score (nSPS) is 14.5. The van der Waals surface area contributed by atoms with Crippen LogP contribution < -0.4 is 5.32 Å². The van der Waals surface area contributed by atoms with E-state index in [0.717, 1.165) is 5.56 Å². The molecule has 0 saturated heterocycles. The largest absolute Gasteiger partial charge is 0.350 e. The molecule has 140 valence electrons. The fraction of sp³-hybridized carbons (Fsp3) is 0.238. The molecule has 3 rings (SSSR count). The molecule has 2 aromatic carbocycles. The minimum atomic E-state index is -0.335. The maximum absolute atomic E-state index is 13.0. The molecule has 0 saturated carbocycles. The third kappa shape index (κ3) is 3.87. The summed E-state index contributed by atoms with van der Waals surface area (Å²) < 4.78 is 0. The van der Waals surface area contributed by atoms with Crippen molar-refractivity contribution >= 4 is 46.3 Å². The second kappa shape index (κ2) is 7.75. The van der Waals surface area contributed by atoms with Gasteiger partial charge < -0.3 is 5.32 Å². The van der Waals surface area contributed by atoms with E-state index in [2.05, 4.69) is 5.32 Å². The fourth-order valence-electron chi connectivity index (χ4n) is 2.98. The van der Waals surface area contributed by atoms with E-state index in [1.807, 2.05) is 26.8 Å². The molecule has 6 heteroatoms. The van der Waals surface area contributed by atoms with E-state index in [4.69, 9.17) is 23.2 Å². The van der Waals surface area contributed by atoms with Crippen molar-refractivity contribution in [3.8, 4) is 0 Å². The Kier molecular flexibility index (Phi) is 5.59. The number of imide groups is 1. The third-order valence-electron chi connectivity index (χ3n) is 4.38. The van der Waals surface area contributed by atoms with Gasteiger partial charge in [0, 0.05) is 22.3 Å². The van der Waals surface area contributed by atoms with Gasteiger partial charge >= 0.3 is 0 Å². The van der Waals surface area contributed by atoms with Crippen molar-refractivity contribution in [3.05, 3.63) is 69.3 Å². The molecule has 0 atom stereocenters. The summed E-state index contributed by atoms with van der Waals surface area (Å²) in [6, 6.07) is 12.3. The molecule has 0 radical (unpaired) electrons. The average molecular weight is 403 g/mol. The SMILES string of the molecule is Cc1c(Cl)cccc1NC1=C(c2ccc(Cl)cc2)C(=O)N(CC(C)C)C1=O. The van der Waals surface area contributed by atoms with Crippen molar-refractivity contribution < 1.29 is 9.59 Å². The Labute approximate surface area is 168 Å². The second-order valence-corrected chi connectivity index (χ2v) is 7.75. The zero-order chi connectivity index (χ0) is 19.7. The average Bonchev–Trinajstić information content (AvgIpc) is 2.84. The molecule has 1 aliphatic heterocycles. The van der Waals surface area contributed by atoms with Gasteiger partial charge in [-0.3, -0.25) is 14.5 Å². The first-order valence-corrected chi connectivity index (χ1v) is 9.43. The van der Waals surface area contributed by atoms with E-state index in [1.165, 1.54) is 4.90 Å². The topological polar surface area (TPSA) is 49.4 Å². The summed E-state index contributed by atoms with van der Waals surface area (Å²) in [5.74, 6) is -0.479. The molecule has 2 amide bonds. The number of benzene rings is 2. The predicted octanol–water partition coefficient (Wildman–Crippen LogP) is 5.15. The molecule has 1 aliphatic rings. The summed E-state index contributed by atoms with van der Waals surface area (Å²) in [5, 5.41) is 4.30. The van der Waals surface area contributed by atoms with Gasteiger partial charge in [-0.15, -0.1) is 0 Å². The van der Waals surface area contributed by atoms with Gasteiger partial charge in [-0.1, -0.05) is 55.2 Å². The Balaban J connectivity index is 2.10. The van der Waals surface area contributed by atoms with Crippen LogP contribution in [0.2, 0.25) is 10.0 Å². The lowest BCUT2D eigenvalue weighted by atomic mass is 10.0. The summed E-state index contributed by atoms with van der Waals surface area (Å²) in [7, 11) is 0. The number of anilines is 1. The maximum Gasteiger partial charge on any atom is 0.278 e. The number of carbonyl (C=O) groups excluding carboxylic acids is 2. The molecule has 27 heavy (non-hydrogen) atoms. The Hall–Kier alpha value is -2.30. The number of nitrogens with one attached hydrogen (secondary N) is 1. The van der Waals surface area contributed by atoms with Crippen LogP contribution in [-0.2, 0) is 9.59 Å². The molecule has 4 nitrogen and oxygen atoms in total. The summed E-state index contributed by atoms with van der Waals surface area (Å²) in [6.07, 6.45) is 0. The van der Waals surface area contributed by atoms with Crippen molar-refractivity contribution in [2.24, 2.45) is 5.92 Å². The second-order valence-electron chi connectivity index (χ2n) is 6.91. The van der Waals surface area contributed by atoms with Crippen LogP contribution >= 0.6 is 23.2 Å². The highest BCUT2D eigenvalue weighted by Crippen LogP contribution is 2.33.